The predicted molar refractivity (Wildman–Crippen MR) is 73.4 cm³/mol. The molecule has 0 aliphatic heterocycles. The van der Waals surface area contributed by atoms with Gasteiger partial charge in [0.25, 0.3) is 0 Å². The molecule has 2 N–H and O–H groups in total. The highest BCUT2D eigenvalue weighted by molar-refractivity contribution is 5.70. The van der Waals surface area contributed by atoms with Crippen molar-refractivity contribution in [2.75, 3.05) is 6.54 Å². The number of rotatable bonds is 5. The Morgan fingerprint density at radius 3 is 2.11 bits per heavy atom. The normalized spacial score (nSPS) is 16.2. The molecule has 0 saturated carbocycles. The van der Waals surface area contributed by atoms with Gasteiger partial charge in [-0.25, -0.2) is 0 Å². The SMILES string of the molecule is CC(CC(=O)OC(C)(C)C)NCC(O)C(C)(C)C. The summed E-state index contributed by atoms with van der Waals surface area (Å²) in [5.74, 6) is -0.215. The average Bonchev–Trinajstić information content (AvgIpc) is 2.08. The smallest absolute Gasteiger partial charge is 0.307 e. The molecule has 0 aliphatic carbocycles. The van der Waals surface area contributed by atoms with E-state index in [1.165, 1.54) is 0 Å². The van der Waals surface area contributed by atoms with Crippen LogP contribution < -0.4 is 5.32 Å². The minimum Gasteiger partial charge on any atom is -0.460 e. The van der Waals surface area contributed by atoms with Crippen molar-refractivity contribution in [1.82, 2.24) is 5.32 Å². The zero-order valence-corrected chi connectivity index (χ0v) is 12.8. The Morgan fingerprint density at radius 2 is 1.72 bits per heavy atom. The van der Waals surface area contributed by atoms with Gasteiger partial charge in [0, 0.05) is 12.6 Å². The average molecular weight is 259 g/mol. The van der Waals surface area contributed by atoms with Gasteiger partial charge in [-0.3, -0.25) is 4.79 Å². The Kier molecular flexibility index (Phi) is 6.30. The van der Waals surface area contributed by atoms with Gasteiger partial charge in [0.05, 0.1) is 12.5 Å². The molecule has 0 fully saturated rings. The van der Waals surface area contributed by atoms with Crippen molar-refractivity contribution >= 4 is 5.97 Å². The molecule has 18 heavy (non-hydrogen) atoms. The first-order valence-electron chi connectivity index (χ1n) is 6.55. The molecular weight excluding hydrogens is 230 g/mol. The molecule has 2 atom stereocenters. The van der Waals surface area contributed by atoms with Crippen LogP contribution in [0.1, 0.15) is 54.9 Å². The summed E-state index contributed by atoms with van der Waals surface area (Å²) in [5, 5.41) is 13.0. The van der Waals surface area contributed by atoms with Gasteiger partial charge >= 0.3 is 5.97 Å². The number of aliphatic hydroxyl groups is 1. The number of hydrogen-bond donors (Lipinski definition) is 2. The summed E-state index contributed by atoms with van der Waals surface area (Å²) in [6.45, 7) is 13.9. The standard InChI is InChI=1S/C14H29NO3/c1-10(8-12(17)18-14(5,6)7)15-9-11(16)13(2,3)4/h10-11,15-16H,8-9H2,1-7H3. The minimum atomic E-state index is -0.443. The number of carbonyl (C=O) groups excluding carboxylic acids is 1. The van der Waals surface area contributed by atoms with Crippen LogP contribution >= 0.6 is 0 Å². The molecule has 108 valence electrons. The lowest BCUT2D eigenvalue weighted by atomic mass is 9.89. The summed E-state index contributed by atoms with van der Waals surface area (Å²) in [7, 11) is 0. The van der Waals surface area contributed by atoms with Gasteiger partial charge in [0.2, 0.25) is 0 Å². The quantitative estimate of drug-likeness (QED) is 0.742. The monoisotopic (exact) mass is 259 g/mol. The maximum absolute atomic E-state index is 11.6. The Labute approximate surface area is 111 Å². The molecule has 4 nitrogen and oxygen atoms in total. The molecule has 0 aliphatic rings. The van der Waals surface area contributed by atoms with E-state index in [0.717, 1.165) is 0 Å². The van der Waals surface area contributed by atoms with Crippen molar-refractivity contribution in [2.45, 2.75) is 72.6 Å². The summed E-state index contributed by atoms with van der Waals surface area (Å²) in [5.41, 5.74) is -0.597. The second-order valence-electron chi connectivity index (χ2n) is 6.98. The first-order chi connectivity index (χ1) is 7.92. The van der Waals surface area contributed by atoms with E-state index in [-0.39, 0.29) is 17.4 Å². The van der Waals surface area contributed by atoms with E-state index in [9.17, 15) is 9.90 Å². The molecule has 0 aromatic heterocycles. The largest absolute Gasteiger partial charge is 0.460 e. The molecule has 0 aromatic carbocycles. The van der Waals surface area contributed by atoms with Crippen LogP contribution in [0, 0.1) is 5.41 Å². The van der Waals surface area contributed by atoms with Crippen LogP contribution in [0.3, 0.4) is 0 Å². The summed E-state index contributed by atoms with van der Waals surface area (Å²) in [6, 6.07) is -0.00292. The fourth-order valence-corrected chi connectivity index (χ4v) is 1.32. The van der Waals surface area contributed by atoms with Gasteiger partial charge < -0.3 is 15.2 Å². The molecular formula is C14H29NO3. The molecule has 0 bridgehead atoms. The van der Waals surface area contributed by atoms with Gasteiger partial charge in [0.1, 0.15) is 5.60 Å². The first kappa shape index (κ1) is 17.4. The summed E-state index contributed by atoms with van der Waals surface area (Å²) < 4.78 is 5.24. The highest BCUT2D eigenvalue weighted by Crippen LogP contribution is 2.18. The number of carbonyl (C=O) groups is 1. The lowest BCUT2D eigenvalue weighted by molar-refractivity contribution is -0.155. The van der Waals surface area contributed by atoms with Crippen molar-refractivity contribution in [3.8, 4) is 0 Å². The predicted octanol–water partition coefficient (Wildman–Crippen LogP) is 2.10. The molecule has 0 amide bonds. The van der Waals surface area contributed by atoms with Crippen LogP contribution in [0.4, 0.5) is 0 Å². The summed E-state index contributed by atoms with van der Waals surface area (Å²) >= 11 is 0. The number of ether oxygens (including phenoxy) is 1. The fraction of sp³-hybridized carbons (Fsp3) is 0.929. The van der Waals surface area contributed by atoms with Crippen molar-refractivity contribution in [3.63, 3.8) is 0 Å². The van der Waals surface area contributed by atoms with Crippen LogP contribution in [0.15, 0.2) is 0 Å². The van der Waals surface area contributed by atoms with E-state index >= 15 is 0 Å². The Morgan fingerprint density at radius 1 is 1.22 bits per heavy atom. The Hall–Kier alpha value is -0.610. The zero-order valence-electron chi connectivity index (χ0n) is 12.8. The van der Waals surface area contributed by atoms with Crippen LogP contribution in [0.5, 0.6) is 0 Å². The second-order valence-corrected chi connectivity index (χ2v) is 6.98. The Balaban J connectivity index is 3.99. The highest BCUT2D eigenvalue weighted by atomic mass is 16.6. The lowest BCUT2D eigenvalue weighted by Gasteiger charge is -2.27. The van der Waals surface area contributed by atoms with Crippen molar-refractivity contribution < 1.29 is 14.6 Å². The third-order valence-electron chi connectivity index (χ3n) is 2.55. The maximum atomic E-state index is 11.6. The minimum absolute atomic E-state index is 0.00292. The zero-order chi connectivity index (χ0) is 14.6. The number of esters is 1. The van der Waals surface area contributed by atoms with Crippen LogP contribution in [-0.2, 0) is 9.53 Å². The molecule has 0 radical (unpaired) electrons. The van der Waals surface area contributed by atoms with Crippen molar-refractivity contribution in [3.05, 3.63) is 0 Å². The van der Waals surface area contributed by atoms with Gasteiger partial charge in [-0.2, -0.15) is 0 Å². The molecule has 2 unspecified atom stereocenters. The Bertz CT molecular complexity index is 263. The topological polar surface area (TPSA) is 58.6 Å². The van der Waals surface area contributed by atoms with Gasteiger partial charge in [0.15, 0.2) is 0 Å². The van der Waals surface area contributed by atoms with Crippen molar-refractivity contribution in [2.24, 2.45) is 5.41 Å². The molecule has 0 aromatic rings. The fourth-order valence-electron chi connectivity index (χ4n) is 1.32. The second kappa shape index (κ2) is 6.53. The number of hydrogen-bond acceptors (Lipinski definition) is 4. The van der Waals surface area contributed by atoms with E-state index in [1.807, 2.05) is 48.5 Å². The molecule has 4 heteroatoms. The molecule has 0 saturated heterocycles. The van der Waals surface area contributed by atoms with E-state index < -0.39 is 11.7 Å². The summed E-state index contributed by atoms with van der Waals surface area (Å²) in [6.07, 6.45) is -0.118. The van der Waals surface area contributed by atoms with E-state index in [1.54, 1.807) is 0 Å². The molecule has 0 spiro atoms. The van der Waals surface area contributed by atoms with Crippen LogP contribution in [-0.4, -0.2) is 35.4 Å². The number of nitrogens with one attached hydrogen (secondary N) is 1. The highest BCUT2D eigenvalue weighted by Gasteiger charge is 2.23. The third kappa shape index (κ3) is 8.48. The van der Waals surface area contributed by atoms with E-state index in [4.69, 9.17) is 4.74 Å². The maximum Gasteiger partial charge on any atom is 0.307 e. The molecule has 0 rings (SSSR count). The van der Waals surface area contributed by atoms with E-state index in [2.05, 4.69) is 5.32 Å². The summed E-state index contributed by atoms with van der Waals surface area (Å²) in [4.78, 5) is 11.6. The van der Waals surface area contributed by atoms with Crippen molar-refractivity contribution in [1.29, 1.82) is 0 Å². The van der Waals surface area contributed by atoms with E-state index in [0.29, 0.717) is 13.0 Å². The van der Waals surface area contributed by atoms with Gasteiger partial charge in [-0.05, 0) is 33.1 Å². The molecule has 0 heterocycles. The van der Waals surface area contributed by atoms with Gasteiger partial charge in [-0.1, -0.05) is 20.8 Å². The third-order valence-corrected chi connectivity index (χ3v) is 2.55. The van der Waals surface area contributed by atoms with Gasteiger partial charge in [-0.15, -0.1) is 0 Å². The van der Waals surface area contributed by atoms with Crippen LogP contribution in [0.25, 0.3) is 0 Å². The van der Waals surface area contributed by atoms with Crippen LogP contribution in [0.2, 0.25) is 0 Å². The number of aliphatic hydroxyl groups excluding tert-OH is 1. The first-order valence-corrected chi connectivity index (χ1v) is 6.55. The lowest BCUT2D eigenvalue weighted by Crippen LogP contribution is -2.41.